The number of rotatable bonds is 4. The van der Waals surface area contributed by atoms with Gasteiger partial charge in [-0.25, -0.2) is 0 Å². The molecule has 1 saturated heterocycles. The SMILES string of the molecule is Cc1ccc(SCCC2CCCNC2)cc1. The van der Waals surface area contributed by atoms with Crippen molar-refractivity contribution in [2.75, 3.05) is 18.8 Å². The van der Waals surface area contributed by atoms with Crippen LogP contribution >= 0.6 is 11.8 Å². The first-order valence-corrected chi connectivity index (χ1v) is 7.23. The van der Waals surface area contributed by atoms with Gasteiger partial charge in [-0.2, -0.15) is 0 Å². The molecule has 0 amide bonds. The van der Waals surface area contributed by atoms with Crippen molar-refractivity contribution in [3.05, 3.63) is 29.8 Å². The van der Waals surface area contributed by atoms with E-state index < -0.39 is 0 Å². The largest absolute Gasteiger partial charge is 0.316 e. The average molecular weight is 235 g/mol. The van der Waals surface area contributed by atoms with Crippen LogP contribution in [0.25, 0.3) is 0 Å². The molecule has 2 heteroatoms. The van der Waals surface area contributed by atoms with Gasteiger partial charge in [0.2, 0.25) is 0 Å². The summed E-state index contributed by atoms with van der Waals surface area (Å²) in [6, 6.07) is 8.87. The Balaban J connectivity index is 1.69. The Labute approximate surface area is 103 Å². The quantitative estimate of drug-likeness (QED) is 0.802. The highest BCUT2D eigenvalue weighted by Crippen LogP contribution is 2.23. The Morgan fingerprint density at radius 2 is 2.12 bits per heavy atom. The summed E-state index contributed by atoms with van der Waals surface area (Å²) >= 11 is 1.99. The van der Waals surface area contributed by atoms with Crippen LogP contribution in [0.3, 0.4) is 0 Å². The smallest absolute Gasteiger partial charge is 0.00721 e. The fraction of sp³-hybridized carbons (Fsp3) is 0.571. The maximum absolute atomic E-state index is 3.48. The Hall–Kier alpha value is -0.470. The van der Waals surface area contributed by atoms with Crippen molar-refractivity contribution >= 4 is 11.8 Å². The molecule has 1 aliphatic rings. The molecule has 1 aliphatic heterocycles. The molecule has 1 nitrogen and oxygen atoms in total. The first-order valence-electron chi connectivity index (χ1n) is 6.25. The monoisotopic (exact) mass is 235 g/mol. The summed E-state index contributed by atoms with van der Waals surface area (Å²) in [6.45, 7) is 4.60. The van der Waals surface area contributed by atoms with E-state index in [9.17, 15) is 0 Å². The third-order valence-electron chi connectivity index (χ3n) is 3.21. The Bertz CT molecular complexity index is 301. The van der Waals surface area contributed by atoms with Gasteiger partial charge in [0.25, 0.3) is 0 Å². The highest BCUT2D eigenvalue weighted by molar-refractivity contribution is 7.99. The van der Waals surface area contributed by atoms with Gasteiger partial charge in [0.05, 0.1) is 0 Å². The van der Waals surface area contributed by atoms with Gasteiger partial charge in [0.15, 0.2) is 0 Å². The number of thioether (sulfide) groups is 1. The van der Waals surface area contributed by atoms with Crippen molar-refractivity contribution < 1.29 is 0 Å². The van der Waals surface area contributed by atoms with Crippen LogP contribution in [-0.4, -0.2) is 18.8 Å². The highest BCUT2D eigenvalue weighted by atomic mass is 32.2. The van der Waals surface area contributed by atoms with Crippen LogP contribution < -0.4 is 5.32 Å². The van der Waals surface area contributed by atoms with E-state index in [1.165, 1.54) is 48.6 Å². The molecular weight excluding hydrogens is 214 g/mol. The molecule has 2 rings (SSSR count). The van der Waals surface area contributed by atoms with E-state index in [0.717, 1.165) is 5.92 Å². The van der Waals surface area contributed by atoms with Gasteiger partial charge >= 0.3 is 0 Å². The molecule has 88 valence electrons. The van der Waals surface area contributed by atoms with Gasteiger partial charge in [-0.3, -0.25) is 0 Å². The predicted molar refractivity (Wildman–Crippen MR) is 72.1 cm³/mol. The summed E-state index contributed by atoms with van der Waals surface area (Å²) in [5, 5.41) is 3.48. The lowest BCUT2D eigenvalue weighted by Crippen LogP contribution is -2.29. The van der Waals surface area contributed by atoms with Crippen LogP contribution in [0.5, 0.6) is 0 Å². The highest BCUT2D eigenvalue weighted by Gasteiger charge is 2.12. The molecule has 1 aromatic rings. The van der Waals surface area contributed by atoms with Crippen molar-refractivity contribution in [1.82, 2.24) is 5.32 Å². The molecule has 0 saturated carbocycles. The molecule has 1 unspecified atom stereocenters. The number of benzene rings is 1. The summed E-state index contributed by atoms with van der Waals surface area (Å²) in [7, 11) is 0. The fourth-order valence-corrected chi connectivity index (χ4v) is 3.16. The zero-order valence-electron chi connectivity index (χ0n) is 10.0. The predicted octanol–water partition coefficient (Wildman–Crippen LogP) is 3.48. The molecule has 1 N–H and O–H groups in total. The van der Waals surface area contributed by atoms with Gasteiger partial charge in [-0.05, 0) is 63.1 Å². The van der Waals surface area contributed by atoms with Gasteiger partial charge < -0.3 is 5.32 Å². The van der Waals surface area contributed by atoms with Crippen molar-refractivity contribution in [1.29, 1.82) is 0 Å². The van der Waals surface area contributed by atoms with Crippen molar-refractivity contribution in [2.45, 2.75) is 31.1 Å². The molecule has 1 aromatic carbocycles. The Morgan fingerprint density at radius 1 is 1.31 bits per heavy atom. The van der Waals surface area contributed by atoms with E-state index >= 15 is 0 Å². The molecule has 1 fully saturated rings. The van der Waals surface area contributed by atoms with E-state index in [1.54, 1.807) is 0 Å². The zero-order chi connectivity index (χ0) is 11.2. The number of hydrogen-bond acceptors (Lipinski definition) is 2. The molecule has 0 aliphatic carbocycles. The van der Waals surface area contributed by atoms with Crippen LogP contribution in [-0.2, 0) is 0 Å². The molecule has 0 aromatic heterocycles. The third-order valence-corrected chi connectivity index (χ3v) is 4.26. The number of piperidine rings is 1. The minimum Gasteiger partial charge on any atom is -0.316 e. The molecule has 1 heterocycles. The second kappa shape index (κ2) is 6.31. The average Bonchev–Trinajstić information content (AvgIpc) is 2.33. The van der Waals surface area contributed by atoms with Gasteiger partial charge in [0.1, 0.15) is 0 Å². The molecule has 0 spiro atoms. The summed E-state index contributed by atoms with van der Waals surface area (Å²) in [4.78, 5) is 1.41. The van der Waals surface area contributed by atoms with E-state index in [0.29, 0.717) is 0 Å². The third kappa shape index (κ3) is 3.84. The van der Waals surface area contributed by atoms with Crippen molar-refractivity contribution in [3.63, 3.8) is 0 Å². The maximum atomic E-state index is 3.48. The number of nitrogens with one attached hydrogen (secondary N) is 1. The van der Waals surface area contributed by atoms with Gasteiger partial charge in [-0.1, -0.05) is 17.7 Å². The fourth-order valence-electron chi connectivity index (χ4n) is 2.15. The lowest BCUT2D eigenvalue weighted by atomic mass is 9.97. The molecule has 0 bridgehead atoms. The van der Waals surface area contributed by atoms with Crippen LogP contribution in [0.2, 0.25) is 0 Å². The molecule has 16 heavy (non-hydrogen) atoms. The summed E-state index contributed by atoms with van der Waals surface area (Å²) in [5.74, 6) is 2.17. The van der Waals surface area contributed by atoms with E-state index in [-0.39, 0.29) is 0 Å². The first-order chi connectivity index (χ1) is 7.84. The Morgan fingerprint density at radius 3 is 2.81 bits per heavy atom. The number of hydrogen-bond donors (Lipinski definition) is 1. The topological polar surface area (TPSA) is 12.0 Å². The summed E-state index contributed by atoms with van der Waals surface area (Å²) in [5.41, 5.74) is 1.35. The second-order valence-electron chi connectivity index (χ2n) is 4.66. The summed E-state index contributed by atoms with van der Waals surface area (Å²) in [6.07, 6.45) is 4.13. The standard InChI is InChI=1S/C14H21NS/c1-12-4-6-14(7-5-12)16-10-8-13-3-2-9-15-11-13/h4-7,13,15H,2-3,8-11H2,1H3. The van der Waals surface area contributed by atoms with Crippen LogP contribution in [0, 0.1) is 12.8 Å². The van der Waals surface area contributed by atoms with Gasteiger partial charge in [-0.15, -0.1) is 11.8 Å². The van der Waals surface area contributed by atoms with Gasteiger partial charge in [0, 0.05) is 4.90 Å². The maximum Gasteiger partial charge on any atom is 0.00721 e. The van der Waals surface area contributed by atoms with E-state index in [4.69, 9.17) is 0 Å². The number of aryl methyl sites for hydroxylation is 1. The van der Waals surface area contributed by atoms with E-state index in [1.807, 2.05) is 11.8 Å². The van der Waals surface area contributed by atoms with Crippen molar-refractivity contribution in [2.24, 2.45) is 5.92 Å². The zero-order valence-corrected chi connectivity index (χ0v) is 10.9. The second-order valence-corrected chi connectivity index (χ2v) is 5.83. The lowest BCUT2D eigenvalue weighted by molar-refractivity contribution is 0.371. The minimum atomic E-state index is 0.909. The minimum absolute atomic E-state index is 0.909. The Kier molecular flexibility index (Phi) is 4.73. The summed E-state index contributed by atoms with van der Waals surface area (Å²) < 4.78 is 0. The van der Waals surface area contributed by atoms with Crippen LogP contribution in [0.15, 0.2) is 29.2 Å². The van der Waals surface area contributed by atoms with E-state index in [2.05, 4.69) is 36.5 Å². The first kappa shape index (κ1) is 12.0. The normalized spacial score (nSPS) is 20.9. The molecule has 1 atom stereocenters. The lowest BCUT2D eigenvalue weighted by Gasteiger charge is -2.22. The van der Waals surface area contributed by atoms with Crippen LogP contribution in [0.4, 0.5) is 0 Å². The molecule has 0 radical (unpaired) electrons. The molecular formula is C14H21NS. The van der Waals surface area contributed by atoms with Crippen LogP contribution in [0.1, 0.15) is 24.8 Å². The van der Waals surface area contributed by atoms with Crippen molar-refractivity contribution in [3.8, 4) is 0 Å².